The smallest absolute Gasteiger partial charge is 0.131 e. The van der Waals surface area contributed by atoms with Gasteiger partial charge >= 0.3 is 0 Å². The maximum atomic E-state index is 8.89. The van der Waals surface area contributed by atoms with E-state index in [2.05, 4.69) is 6.07 Å². The zero-order chi connectivity index (χ0) is 8.60. The molecule has 0 amide bonds. The molecule has 2 aliphatic carbocycles. The van der Waals surface area contributed by atoms with Gasteiger partial charge in [-0.25, -0.2) is 0 Å². The van der Waals surface area contributed by atoms with Crippen LogP contribution >= 0.6 is 11.6 Å². The van der Waals surface area contributed by atoms with Crippen LogP contribution in [0.15, 0.2) is 0 Å². The van der Waals surface area contributed by atoms with E-state index in [0.717, 1.165) is 31.1 Å². The summed E-state index contributed by atoms with van der Waals surface area (Å²) in [6.45, 7) is 0. The Morgan fingerprint density at radius 2 is 2.00 bits per heavy atom. The van der Waals surface area contributed by atoms with Crippen molar-refractivity contribution in [3.05, 3.63) is 0 Å². The second kappa shape index (κ2) is 2.92. The topological polar surface area (TPSA) is 23.8 Å². The van der Waals surface area contributed by atoms with Crippen molar-refractivity contribution in [1.29, 1.82) is 5.26 Å². The van der Waals surface area contributed by atoms with Crippen LogP contribution in [0.4, 0.5) is 0 Å². The SMILES string of the molecule is N#CC1(Cl)CCCC(C2CC2)C1. The van der Waals surface area contributed by atoms with Crippen molar-refractivity contribution in [2.24, 2.45) is 11.8 Å². The summed E-state index contributed by atoms with van der Waals surface area (Å²) in [6, 6.07) is 2.26. The molecule has 1 nitrogen and oxygen atoms in total. The fourth-order valence-corrected chi connectivity index (χ4v) is 2.67. The molecule has 12 heavy (non-hydrogen) atoms. The van der Waals surface area contributed by atoms with E-state index in [0.29, 0.717) is 0 Å². The van der Waals surface area contributed by atoms with Crippen LogP contribution in [-0.4, -0.2) is 4.87 Å². The molecule has 0 aromatic heterocycles. The Bertz CT molecular complexity index is 216. The Morgan fingerprint density at radius 1 is 1.25 bits per heavy atom. The van der Waals surface area contributed by atoms with E-state index < -0.39 is 4.87 Å². The van der Waals surface area contributed by atoms with Gasteiger partial charge in [0.25, 0.3) is 0 Å². The highest BCUT2D eigenvalue weighted by molar-refractivity contribution is 6.25. The maximum Gasteiger partial charge on any atom is 0.131 e. The van der Waals surface area contributed by atoms with Crippen molar-refractivity contribution in [3.63, 3.8) is 0 Å². The average Bonchev–Trinajstić information content (AvgIpc) is 2.87. The van der Waals surface area contributed by atoms with Gasteiger partial charge in [0.2, 0.25) is 0 Å². The number of halogens is 1. The summed E-state index contributed by atoms with van der Waals surface area (Å²) >= 11 is 6.17. The number of hydrogen-bond donors (Lipinski definition) is 0. The first-order valence-corrected chi connectivity index (χ1v) is 5.21. The summed E-state index contributed by atoms with van der Waals surface area (Å²) in [5.41, 5.74) is 0. The summed E-state index contributed by atoms with van der Waals surface area (Å²) in [6.07, 6.45) is 7.05. The van der Waals surface area contributed by atoms with Gasteiger partial charge in [0.15, 0.2) is 0 Å². The minimum absolute atomic E-state index is 0.508. The maximum absolute atomic E-state index is 8.89. The molecule has 2 atom stereocenters. The molecular formula is C10H14ClN. The first-order chi connectivity index (χ1) is 5.73. The molecule has 0 aromatic carbocycles. The van der Waals surface area contributed by atoms with Gasteiger partial charge in [-0.3, -0.25) is 0 Å². The van der Waals surface area contributed by atoms with Crippen molar-refractivity contribution < 1.29 is 0 Å². The van der Waals surface area contributed by atoms with Crippen LogP contribution in [0, 0.1) is 23.2 Å². The molecule has 2 heteroatoms. The highest BCUT2D eigenvalue weighted by atomic mass is 35.5. The highest BCUT2D eigenvalue weighted by Gasteiger charge is 2.41. The predicted molar refractivity (Wildman–Crippen MR) is 48.9 cm³/mol. The minimum atomic E-state index is -0.508. The molecule has 2 saturated carbocycles. The lowest BCUT2D eigenvalue weighted by Gasteiger charge is -2.30. The van der Waals surface area contributed by atoms with E-state index in [-0.39, 0.29) is 0 Å². The van der Waals surface area contributed by atoms with Gasteiger partial charge in [0, 0.05) is 0 Å². The quantitative estimate of drug-likeness (QED) is 0.574. The average molecular weight is 184 g/mol. The van der Waals surface area contributed by atoms with E-state index in [4.69, 9.17) is 16.9 Å². The fraction of sp³-hybridized carbons (Fsp3) is 0.900. The minimum Gasteiger partial charge on any atom is -0.196 e. The van der Waals surface area contributed by atoms with Crippen LogP contribution in [0.2, 0.25) is 0 Å². The Kier molecular flexibility index (Phi) is 2.04. The Balaban J connectivity index is 1.98. The summed E-state index contributed by atoms with van der Waals surface area (Å²) in [4.78, 5) is -0.508. The van der Waals surface area contributed by atoms with Gasteiger partial charge in [0.05, 0.1) is 6.07 Å². The third kappa shape index (κ3) is 1.59. The molecule has 0 radical (unpaired) electrons. The third-order valence-electron chi connectivity index (χ3n) is 3.22. The summed E-state index contributed by atoms with van der Waals surface area (Å²) in [5.74, 6) is 1.67. The van der Waals surface area contributed by atoms with Crippen molar-refractivity contribution in [1.82, 2.24) is 0 Å². The molecule has 0 aromatic rings. The number of hydrogen-bond acceptors (Lipinski definition) is 1. The molecule has 0 aliphatic heterocycles. The molecule has 2 rings (SSSR count). The Labute approximate surface area is 78.7 Å². The molecule has 0 heterocycles. The number of nitrogens with zero attached hydrogens (tertiary/aromatic N) is 1. The molecule has 0 bridgehead atoms. The molecule has 2 aliphatic rings. The first-order valence-electron chi connectivity index (χ1n) is 4.84. The lowest BCUT2D eigenvalue weighted by Crippen LogP contribution is -2.28. The van der Waals surface area contributed by atoms with Gasteiger partial charge in [0.1, 0.15) is 4.87 Å². The molecule has 2 unspecified atom stereocenters. The van der Waals surface area contributed by atoms with Crippen LogP contribution in [0.25, 0.3) is 0 Å². The largest absolute Gasteiger partial charge is 0.196 e. The van der Waals surface area contributed by atoms with Crippen LogP contribution in [0.3, 0.4) is 0 Å². The van der Waals surface area contributed by atoms with Gasteiger partial charge in [-0.2, -0.15) is 5.26 Å². The predicted octanol–water partition coefficient (Wildman–Crippen LogP) is 3.09. The van der Waals surface area contributed by atoms with E-state index in [1.165, 1.54) is 19.3 Å². The fourth-order valence-electron chi connectivity index (χ4n) is 2.34. The second-order valence-electron chi connectivity index (χ2n) is 4.27. The van der Waals surface area contributed by atoms with E-state index in [1.54, 1.807) is 0 Å². The molecular weight excluding hydrogens is 170 g/mol. The molecule has 66 valence electrons. The summed E-state index contributed by atoms with van der Waals surface area (Å²) in [7, 11) is 0. The van der Waals surface area contributed by atoms with Crippen LogP contribution in [-0.2, 0) is 0 Å². The van der Waals surface area contributed by atoms with Gasteiger partial charge < -0.3 is 0 Å². The number of rotatable bonds is 1. The molecule has 0 spiro atoms. The van der Waals surface area contributed by atoms with E-state index >= 15 is 0 Å². The normalized spacial score (nSPS) is 42.2. The summed E-state index contributed by atoms with van der Waals surface area (Å²) < 4.78 is 0. The number of alkyl halides is 1. The van der Waals surface area contributed by atoms with Crippen molar-refractivity contribution in [2.75, 3.05) is 0 Å². The zero-order valence-electron chi connectivity index (χ0n) is 7.22. The van der Waals surface area contributed by atoms with Crippen molar-refractivity contribution >= 4 is 11.6 Å². The molecule has 2 fully saturated rings. The standard InChI is InChI=1S/C10H14ClN/c11-10(7-12)5-1-2-9(6-10)8-3-4-8/h8-9H,1-6H2. The van der Waals surface area contributed by atoms with Crippen LogP contribution in [0.5, 0.6) is 0 Å². The highest BCUT2D eigenvalue weighted by Crippen LogP contribution is 2.48. The van der Waals surface area contributed by atoms with Gasteiger partial charge in [-0.1, -0.05) is 6.42 Å². The number of nitriles is 1. The van der Waals surface area contributed by atoms with Gasteiger partial charge in [-0.15, -0.1) is 11.6 Å². The Hall–Kier alpha value is -0.220. The third-order valence-corrected chi connectivity index (χ3v) is 3.65. The van der Waals surface area contributed by atoms with Crippen LogP contribution < -0.4 is 0 Å². The van der Waals surface area contributed by atoms with E-state index in [9.17, 15) is 0 Å². The first kappa shape index (κ1) is 8.38. The van der Waals surface area contributed by atoms with E-state index in [1.807, 2.05) is 0 Å². The monoisotopic (exact) mass is 183 g/mol. The molecule has 0 N–H and O–H groups in total. The van der Waals surface area contributed by atoms with Crippen LogP contribution in [0.1, 0.15) is 38.5 Å². The summed E-state index contributed by atoms with van der Waals surface area (Å²) in [5, 5.41) is 8.89. The second-order valence-corrected chi connectivity index (χ2v) is 4.99. The van der Waals surface area contributed by atoms with Gasteiger partial charge in [-0.05, 0) is 43.9 Å². The van der Waals surface area contributed by atoms with Crippen molar-refractivity contribution in [3.8, 4) is 6.07 Å². The lowest BCUT2D eigenvalue weighted by molar-refractivity contribution is 0.296. The molecule has 0 saturated heterocycles. The Morgan fingerprint density at radius 3 is 2.58 bits per heavy atom. The lowest BCUT2D eigenvalue weighted by atomic mass is 9.79. The zero-order valence-corrected chi connectivity index (χ0v) is 7.98. The van der Waals surface area contributed by atoms with Crippen molar-refractivity contribution in [2.45, 2.75) is 43.4 Å².